The molecule has 3 N–H and O–H groups in total. The summed E-state index contributed by atoms with van der Waals surface area (Å²) in [6.07, 6.45) is 1.94. The third-order valence-electron chi connectivity index (χ3n) is 3.90. The number of anilines is 1. The Bertz CT molecular complexity index is 442. The monoisotopic (exact) mass is 291 g/mol. The molecular weight excluding hydrogens is 272 g/mol. The third kappa shape index (κ3) is 3.37. The normalized spacial score (nSPS) is 22.9. The molecule has 0 bridgehead atoms. The van der Waals surface area contributed by atoms with Gasteiger partial charge in [0, 0.05) is 0 Å². The van der Waals surface area contributed by atoms with Crippen LogP contribution in [-0.2, 0) is 0 Å². The molecule has 0 radical (unpaired) electrons. The maximum atomic E-state index is 13.4. The summed E-state index contributed by atoms with van der Waals surface area (Å²) in [5.74, 6) is -1.55. The first kappa shape index (κ1) is 16.2. The van der Waals surface area contributed by atoms with Crippen LogP contribution in [-0.4, -0.2) is 5.11 Å². The average molecular weight is 292 g/mol. The second-order valence-electron chi connectivity index (χ2n) is 6.01. The van der Waals surface area contributed by atoms with E-state index in [1.165, 1.54) is 0 Å². The summed E-state index contributed by atoms with van der Waals surface area (Å²) >= 11 is 0. The summed E-state index contributed by atoms with van der Waals surface area (Å²) in [7, 11) is 0. The van der Waals surface area contributed by atoms with Crippen LogP contribution in [0.3, 0.4) is 0 Å². The lowest BCUT2D eigenvalue weighted by atomic mass is 9.87. The van der Waals surface area contributed by atoms with Gasteiger partial charge in [-0.3, -0.25) is 0 Å². The Kier molecular flexibility index (Phi) is 4.80. The highest BCUT2D eigenvalue weighted by molar-refractivity contribution is 5.85. The fourth-order valence-corrected chi connectivity index (χ4v) is 2.81. The molecule has 5 heteroatoms. The summed E-state index contributed by atoms with van der Waals surface area (Å²) in [6.45, 7) is 4.29. The van der Waals surface area contributed by atoms with E-state index < -0.39 is 23.4 Å². The van der Waals surface area contributed by atoms with E-state index in [1.807, 2.05) is 0 Å². The average Bonchev–Trinajstić information content (AvgIpc) is 2.65. The summed E-state index contributed by atoms with van der Waals surface area (Å²) in [5, 5.41) is 10.2. The topological polar surface area (TPSA) is 46.2 Å². The Morgan fingerprint density at radius 2 is 1.84 bits per heavy atom. The van der Waals surface area contributed by atoms with Gasteiger partial charge in [0.2, 0.25) is 0 Å². The zero-order valence-corrected chi connectivity index (χ0v) is 11.9. The van der Waals surface area contributed by atoms with Gasteiger partial charge in [0.25, 0.3) is 0 Å². The predicted octanol–water partition coefficient (Wildman–Crippen LogP) is 3.83. The van der Waals surface area contributed by atoms with Crippen LogP contribution in [0.15, 0.2) is 12.1 Å². The lowest BCUT2D eigenvalue weighted by Gasteiger charge is -2.21. The number of nitrogens with two attached hydrogens (primary N) is 1. The van der Waals surface area contributed by atoms with Gasteiger partial charge in [0.05, 0.1) is 6.10 Å². The number of hydrogen-bond acceptors (Lipinski definition) is 2. The van der Waals surface area contributed by atoms with Crippen molar-refractivity contribution in [3.8, 4) is 0 Å². The highest BCUT2D eigenvalue weighted by atomic mass is 35.5. The SMILES string of the molecule is CC1(C)CC[C@H]([C@@H](O)c2cc(F)c(N)c(F)c2)C1.Cl. The van der Waals surface area contributed by atoms with Crippen molar-refractivity contribution in [2.75, 3.05) is 5.73 Å². The highest BCUT2D eigenvalue weighted by Crippen LogP contribution is 2.46. The minimum atomic E-state index is -0.823. The van der Waals surface area contributed by atoms with Crippen molar-refractivity contribution in [1.82, 2.24) is 0 Å². The second-order valence-corrected chi connectivity index (χ2v) is 6.01. The van der Waals surface area contributed by atoms with Gasteiger partial charge in [-0.1, -0.05) is 13.8 Å². The van der Waals surface area contributed by atoms with Gasteiger partial charge in [-0.2, -0.15) is 0 Å². The molecule has 0 aliphatic heterocycles. The molecule has 2 atom stereocenters. The van der Waals surface area contributed by atoms with Crippen LogP contribution in [0.4, 0.5) is 14.5 Å². The molecule has 2 rings (SSSR count). The third-order valence-corrected chi connectivity index (χ3v) is 3.90. The quantitative estimate of drug-likeness (QED) is 0.814. The van der Waals surface area contributed by atoms with Crippen molar-refractivity contribution in [3.63, 3.8) is 0 Å². The van der Waals surface area contributed by atoms with Crippen molar-refractivity contribution >= 4 is 18.1 Å². The van der Waals surface area contributed by atoms with E-state index in [4.69, 9.17) is 5.73 Å². The van der Waals surface area contributed by atoms with E-state index in [-0.39, 0.29) is 29.3 Å². The molecule has 0 amide bonds. The molecular formula is C14H20ClF2NO. The van der Waals surface area contributed by atoms with Crippen LogP contribution in [0.25, 0.3) is 0 Å². The van der Waals surface area contributed by atoms with Gasteiger partial charge in [0.15, 0.2) is 0 Å². The second kappa shape index (κ2) is 5.63. The molecule has 0 aromatic heterocycles. The first-order valence-corrected chi connectivity index (χ1v) is 6.23. The fourth-order valence-electron chi connectivity index (χ4n) is 2.81. The summed E-state index contributed by atoms with van der Waals surface area (Å²) in [5.41, 5.74) is 5.20. The van der Waals surface area contributed by atoms with Gasteiger partial charge < -0.3 is 10.8 Å². The van der Waals surface area contributed by atoms with Crippen LogP contribution in [0.5, 0.6) is 0 Å². The Labute approximate surface area is 118 Å². The molecule has 0 heterocycles. The summed E-state index contributed by atoms with van der Waals surface area (Å²) < 4.78 is 26.7. The van der Waals surface area contributed by atoms with E-state index >= 15 is 0 Å². The largest absolute Gasteiger partial charge is 0.394 e. The fraction of sp³-hybridized carbons (Fsp3) is 0.571. The number of aliphatic hydroxyl groups is 1. The van der Waals surface area contributed by atoms with E-state index in [0.717, 1.165) is 31.4 Å². The van der Waals surface area contributed by atoms with Gasteiger partial charge >= 0.3 is 0 Å². The van der Waals surface area contributed by atoms with Crippen LogP contribution >= 0.6 is 12.4 Å². The number of halogens is 3. The highest BCUT2D eigenvalue weighted by Gasteiger charge is 2.35. The lowest BCUT2D eigenvalue weighted by molar-refractivity contribution is 0.104. The number of aliphatic hydroxyl groups excluding tert-OH is 1. The van der Waals surface area contributed by atoms with E-state index in [0.29, 0.717) is 0 Å². The van der Waals surface area contributed by atoms with Crippen molar-refractivity contribution in [3.05, 3.63) is 29.3 Å². The van der Waals surface area contributed by atoms with E-state index in [1.54, 1.807) is 0 Å². The zero-order valence-electron chi connectivity index (χ0n) is 11.1. The molecule has 1 saturated carbocycles. The zero-order chi connectivity index (χ0) is 13.5. The lowest BCUT2D eigenvalue weighted by Crippen LogP contribution is -2.13. The van der Waals surface area contributed by atoms with Crippen molar-refractivity contribution in [2.45, 2.75) is 39.2 Å². The molecule has 1 aromatic rings. The molecule has 1 fully saturated rings. The van der Waals surface area contributed by atoms with Gasteiger partial charge in [0.1, 0.15) is 17.3 Å². The maximum Gasteiger partial charge on any atom is 0.149 e. The molecule has 1 aliphatic rings. The van der Waals surface area contributed by atoms with Crippen LogP contribution in [0.2, 0.25) is 0 Å². The van der Waals surface area contributed by atoms with Crippen molar-refractivity contribution < 1.29 is 13.9 Å². The standard InChI is InChI=1S/C14H19F2NO.ClH/c1-14(2)4-3-8(7-14)13(18)9-5-10(15)12(17)11(16)6-9;/h5-6,8,13,18H,3-4,7,17H2,1-2H3;1H/t8-,13+;/m0./s1. The van der Waals surface area contributed by atoms with E-state index in [9.17, 15) is 13.9 Å². The smallest absolute Gasteiger partial charge is 0.149 e. The molecule has 108 valence electrons. The molecule has 19 heavy (non-hydrogen) atoms. The van der Waals surface area contributed by atoms with Crippen LogP contribution in [0.1, 0.15) is 44.8 Å². The van der Waals surface area contributed by atoms with Gasteiger partial charge in [-0.15, -0.1) is 12.4 Å². The minimum Gasteiger partial charge on any atom is -0.394 e. The number of nitrogen functional groups attached to an aromatic ring is 1. The first-order valence-electron chi connectivity index (χ1n) is 6.23. The van der Waals surface area contributed by atoms with Crippen LogP contribution in [0, 0.1) is 23.0 Å². The number of rotatable bonds is 2. The Morgan fingerprint density at radius 1 is 1.32 bits per heavy atom. The Morgan fingerprint density at radius 3 is 2.26 bits per heavy atom. The molecule has 1 aromatic carbocycles. The molecule has 2 nitrogen and oxygen atoms in total. The van der Waals surface area contributed by atoms with Gasteiger partial charge in [-0.05, 0) is 48.3 Å². The van der Waals surface area contributed by atoms with E-state index in [2.05, 4.69) is 13.8 Å². The van der Waals surface area contributed by atoms with Gasteiger partial charge in [-0.25, -0.2) is 8.78 Å². The predicted molar refractivity (Wildman–Crippen MR) is 74.1 cm³/mol. The molecule has 0 spiro atoms. The van der Waals surface area contributed by atoms with Crippen LogP contribution < -0.4 is 5.73 Å². The summed E-state index contributed by atoms with van der Waals surface area (Å²) in [6, 6.07) is 2.27. The molecule has 0 unspecified atom stereocenters. The van der Waals surface area contributed by atoms with Crippen molar-refractivity contribution in [2.24, 2.45) is 11.3 Å². The maximum absolute atomic E-state index is 13.4. The van der Waals surface area contributed by atoms with Crippen molar-refractivity contribution in [1.29, 1.82) is 0 Å². The number of hydrogen-bond donors (Lipinski definition) is 2. The Balaban J connectivity index is 0.00000180. The molecule has 0 saturated heterocycles. The molecule has 1 aliphatic carbocycles. The summed E-state index contributed by atoms with van der Waals surface area (Å²) in [4.78, 5) is 0. The first-order chi connectivity index (χ1) is 8.30. The number of benzene rings is 1. The Hall–Kier alpha value is -0.870. The minimum absolute atomic E-state index is 0.